The van der Waals surface area contributed by atoms with Crippen LogP contribution in [0.1, 0.15) is 63.1 Å². The van der Waals surface area contributed by atoms with Crippen LogP contribution in [0.15, 0.2) is 29.4 Å². The number of carbonyl (C=O) groups is 1. The fourth-order valence-electron chi connectivity index (χ4n) is 2.95. The van der Waals surface area contributed by atoms with Gasteiger partial charge in [-0.2, -0.15) is 0 Å². The summed E-state index contributed by atoms with van der Waals surface area (Å²) in [7, 11) is 0. The van der Waals surface area contributed by atoms with E-state index >= 15 is 0 Å². The molecule has 0 bridgehead atoms. The Hall–Kier alpha value is -2.23. The monoisotopic (exact) mass is 446 g/mol. The number of pyridine rings is 1. The Morgan fingerprint density at radius 1 is 1.16 bits per heavy atom. The van der Waals surface area contributed by atoms with Crippen molar-refractivity contribution in [2.45, 2.75) is 64.4 Å². The van der Waals surface area contributed by atoms with Gasteiger partial charge in [0.2, 0.25) is 0 Å². The zero-order valence-corrected chi connectivity index (χ0v) is 19.9. The van der Waals surface area contributed by atoms with E-state index in [1.165, 1.54) is 25.5 Å². The molecular weight excluding hydrogens is 412 g/mol. The Labute approximate surface area is 189 Å². The van der Waals surface area contributed by atoms with E-state index in [9.17, 15) is 9.90 Å². The number of nitrogens with zero attached hydrogens (tertiary/aromatic N) is 4. The Kier molecular flexibility index (Phi) is 9.67. The lowest BCUT2D eigenvalue weighted by atomic mass is 10.1. The van der Waals surface area contributed by atoms with Gasteiger partial charge in [0.25, 0.3) is 5.91 Å². The van der Waals surface area contributed by atoms with E-state index in [2.05, 4.69) is 29.9 Å². The van der Waals surface area contributed by atoms with E-state index < -0.39 is 5.54 Å². The normalized spacial score (nSPS) is 14.4. The van der Waals surface area contributed by atoms with Crippen molar-refractivity contribution in [3.8, 4) is 0 Å². The maximum Gasteiger partial charge on any atom is 0.277 e. The van der Waals surface area contributed by atoms with Gasteiger partial charge in [0.15, 0.2) is 0 Å². The summed E-state index contributed by atoms with van der Waals surface area (Å²) in [5.74, 6) is 0.647. The molecule has 2 aromatic rings. The van der Waals surface area contributed by atoms with E-state index in [-0.39, 0.29) is 18.2 Å². The van der Waals surface area contributed by atoms with E-state index in [1.54, 1.807) is 24.9 Å². The van der Waals surface area contributed by atoms with Gasteiger partial charge in [-0.15, -0.1) is 0 Å². The third-order valence-corrected chi connectivity index (χ3v) is 5.56. The number of aryl methyl sites for hydroxylation is 1. The number of hydrogen-bond donors (Lipinski definition) is 3. The van der Waals surface area contributed by atoms with E-state index in [0.717, 1.165) is 18.1 Å². The van der Waals surface area contributed by atoms with Crippen LogP contribution < -0.4 is 10.6 Å². The first-order valence-electron chi connectivity index (χ1n) is 10.8. The highest BCUT2D eigenvalue weighted by Gasteiger charge is 2.19. The highest BCUT2D eigenvalue weighted by Crippen LogP contribution is 2.25. The number of aliphatic hydroxyl groups excluding tert-OH is 1. The molecule has 31 heavy (non-hydrogen) atoms. The fourth-order valence-corrected chi connectivity index (χ4v) is 3.93. The van der Waals surface area contributed by atoms with Crippen LogP contribution in [-0.4, -0.2) is 55.5 Å². The average molecular weight is 447 g/mol. The van der Waals surface area contributed by atoms with Crippen molar-refractivity contribution in [2.24, 2.45) is 0 Å². The minimum absolute atomic E-state index is 0.0482. The number of anilines is 2. The average Bonchev–Trinajstić information content (AvgIpc) is 2.76. The zero-order valence-electron chi connectivity index (χ0n) is 19.1. The van der Waals surface area contributed by atoms with Crippen molar-refractivity contribution in [1.82, 2.24) is 19.3 Å². The summed E-state index contributed by atoms with van der Waals surface area (Å²) < 4.78 is 2.31. The van der Waals surface area contributed by atoms with Gasteiger partial charge in [-0.25, -0.2) is 19.3 Å². The molecular formula is C22H34N6O2S. The lowest BCUT2D eigenvalue weighted by Crippen LogP contribution is -2.35. The zero-order chi connectivity index (χ0) is 22.9. The summed E-state index contributed by atoms with van der Waals surface area (Å²) in [6.45, 7) is 11.5. The molecule has 8 nitrogen and oxygen atoms in total. The van der Waals surface area contributed by atoms with Crippen LogP contribution in [0.25, 0.3) is 0 Å². The van der Waals surface area contributed by atoms with Crippen LogP contribution in [0.5, 0.6) is 0 Å². The third-order valence-electron chi connectivity index (χ3n) is 4.53. The molecule has 1 saturated heterocycles. The van der Waals surface area contributed by atoms with Gasteiger partial charge in [0.1, 0.15) is 22.4 Å². The molecule has 0 atom stereocenters. The summed E-state index contributed by atoms with van der Waals surface area (Å²) in [4.78, 5) is 25.8. The van der Waals surface area contributed by atoms with Crippen LogP contribution in [-0.2, 0) is 0 Å². The van der Waals surface area contributed by atoms with E-state index in [1.807, 2.05) is 39.8 Å². The topological polar surface area (TPSA) is 103 Å². The molecule has 0 aliphatic carbocycles. The predicted molar refractivity (Wildman–Crippen MR) is 126 cm³/mol. The van der Waals surface area contributed by atoms with Gasteiger partial charge in [0.05, 0.1) is 24.0 Å². The van der Waals surface area contributed by atoms with Crippen LogP contribution in [0, 0.1) is 6.92 Å². The van der Waals surface area contributed by atoms with Crippen molar-refractivity contribution in [1.29, 1.82) is 0 Å². The molecule has 9 heteroatoms. The Morgan fingerprint density at radius 3 is 2.52 bits per heavy atom. The molecule has 0 aromatic carbocycles. The predicted octanol–water partition coefficient (Wildman–Crippen LogP) is 4.13. The Balaban J connectivity index is 0.00000166. The first-order valence-corrected chi connectivity index (χ1v) is 11.6. The van der Waals surface area contributed by atoms with E-state index in [0.29, 0.717) is 17.3 Å². The van der Waals surface area contributed by atoms with Gasteiger partial charge in [-0.1, -0.05) is 26.3 Å². The number of aromatic nitrogens is 3. The highest BCUT2D eigenvalue weighted by molar-refractivity contribution is 7.97. The number of aliphatic hydroxyl groups is 1. The third kappa shape index (κ3) is 7.75. The Bertz CT molecular complexity index is 856. The maximum absolute atomic E-state index is 12.7. The van der Waals surface area contributed by atoms with Crippen LogP contribution in [0.2, 0.25) is 0 Å². The second-order valence-corrected chi connectivity index (χ2v) is 8.87. The van der Waals surface area contributed by atoms with Crippen LogP contribution in [0.3, 0.4) is 0 Å². The molecule has 1 fully saturated rings. The summed E-state index contributed by atoms with van der Waals surface area (Å²) in [5.41, 5.74) is 0.217. The summed E-state index contributed by atoms with van der Waals surface area (Å²) in [6, 6.07) is 5.60. The first kappa shape index (κ1) is 25.0. The number of rotatable bonds is 7. The molecule has 3 N–H and O–H groups in total. The van der Waals surface area contributed by atoms with Crippen LogP contribution >= 0.6 is 11.9 Å². The number of amides is 1. The summed E-state index contributed by atoms with van der Waals surface area (Å²) in [5, 5.41) is 16.1. The van der Waals surface area contributed by atoms with Crippen molar-refractivity contribution in [3.63, 3.8) is 0 Å². The molecule has 1 aliphatic heterocycles. The molecule has 0 saturated carbocycles. The minimum Gasteiger partial charge on any atom is -0.394 e. The molecule has 1 amide bonds. The van der Waals surface area contributed by atoms with Crippen molar-refractivity contribution in [3.05, 3.63) is 35.8 Å². The molecule has 1 aliphatic rings. The van der Waals surface area contributed by atoms with Gasteiger partial charge >= 0.3 is 0 Å². The number of piperidine rings is 1. The molecule has 2 aromatic heterocycles. The molecule has 0 spiro atoms. The standard InChI is InChI=1S/C20H28N6O2S.C2H6/c1-14-18(21-12-16(22-14)25-20(2,3)13-27)19(28)24-15-8-7-9-17(23-15)29-26-10-5-4-6-11-26;1-2/h7-9,12,27H,4-6,10-11,13H2,1-3H3,(H,22,25)(H,23,24,28);1-2H3. The van der Waals surface area contributed by atoms with Gasteiger partial charge in [-0.3, -0.25) is 4.79 Å². The number of carbonyl (C=O) groups excluding carboxylic acids is 1. The van der Waals surface area contributed by atoms with Crippen LogP contribution in [0.4, 0.5) is 11.6 Å². The van der Waals surface area contributed by atoms with E-state index in [4.69, 9.17) is 0 Å². The number of hydrogen-bond acceptors (Lipinski definition) is 8. The summed E-state index contributed by atoms with van der Waals surface area (Å²) in [6.07, 6.45) is 5.20. The minimum atomic E-state index is -0.527. The van der Waals surface area contributed by atoms with Gasteiger partial charge in [-0.05, 0) is 57.7 Å². The highest BCUT2D eigenvalue weighted by atomic mass is 32.2. The van der Waals surface area contributed by atoms with Crippen molar-refractivity contribution in [2.75, 3.05) is 30.3 Å². The second-order valence-electron chi connectivity index (χ2n) is 7.75. The molecule has 3 rings (SSSR count). The smallest absolute Gasteiger partial charge is 0.277 e. The fraction of sp³-hybridized carbons (Fsp3) is 0.545. The molecule has 3 heterocycles. The summed E-state index contributed by atoms with van der Waals surface area (Å²) >= 11 is 1.63. The lowest BCUT2D eigenvalue weighted by molar-refractivity contribution is 0.102. The largest absolute Gasteiger partial charge is 0.394 e. The first-order chi connectivity index (χ1) is 14.9. The lowest BCUT2D eigenvalue weighted by Gasteiger charge is -2.24. The maximum atomic E-state index is 12.7. The molecule has 170 valence electrons. The van der Waals surface area contributed by atoms with Crippen molar-refractivity contribution < 1.29 is 9.90 Å². The quantitative estimate of drug-likeness (QED) is 0.546. The second kappa shape index (κ2) is 12.0. The SMILES string of the molecule is CC.Cc1nc(NC(C)(C)CO)cnc1C(=O)Nc1cccc(SN2CCCCC2)n1. The van der Waals surface area contributed by atoms with Gasteiger partial charge < -0.3 is 15.7 Å². The molecule has 0 unspecified atom stereocenters. The molecule has 0 radical (unpaired) electrons. The van der Waals surface area contributed by atoms with Crippen molar-refractivity contribution >= 4 is 29.5 Å². The van der Waals surface area contributed by atoms with Gasteiger partial charge in [0, 0.05) is 13.1 Å². The Morgan fingerprint density at radius 2 is 1.87 bits per heavy atom. The number of nitrogens with one attached hydrogen (secondary N) is 2.